The lowest BCUT2D eigenvalue weighted by atomic mass is 10.2. The lowest BCUT2D eigenvalue weighted by Crippen LogP contribution is -2.54. The van der Waals surface area contributed by atoms with Gasteiger partial charge in [-0.25, -0.2) is 0 Å². The summed E-state index contributed by atoms with van der Waals surface area (Å²) < 4.78 is 1.06. The molecule has 1 amide bonds. The second kappa shape index (κ2) is 6.77. The third-order valence-electron chi connectivity index (χ3n) is 3.26. The van der Waals surface area contributed by atoms with Gasteiger partial charge in [-0.2, -0.15) is 0 Å². The summed E-state index contributed by atoms with van der Waals surface area (Å²) in [7, 11) is 0. The lowest BCUT2D eigenvalue weighted by Gasteiger charge is -2.35. The van der Waals surface area contributed by atoms with Gasteiger partial charge < -0.3 is 10.2 Å². The minimum absolute atomic E-state index is 0.0401. The maximum atomic E-state index is 12.4. The first-order valence-electron chi connectivity index (χ1n) is 6.51. The second-order valence-electron chi connectivity index (χ2n) is 4.80. The molecule has 0 aliphatic carbocycles. The summed E-state index contributed by atoms with van der Waals surface area (Å²) in [4.78, 5) is 15.6. The van der Waals surface area contributed by atoms with Crippen LogP contribution in [0, 0.1) is 0 Å². The number of halogens is 1. The molecule has 5 heteroatoms. The van der Waals surface area contributed by atoms with E-state index in [0.29, 0.717) is 0 Å². The van der Waals surface area contributed by atoms with Gasteiger partial charge in [-0.15, -0.1) is 11.8 Å². The molecule has 1 unspecified atom stereocenters. The topological polar surface area (TPSA) is 32.3 Å². The van der Waals surface area contributed by atoms with Gasteiger partial charge in [0.25, 0.3) is 0 Å². The second-order valence-corrected chi connectivity index (χ2v) is 7.13. The minimum Gasteiger partial charge on any atom is -0.336 e. The minimum atomic E-state index is -0.0401. The number of thioether (sulfide) groups is 1. The number of nitrogens with zero attached hydrogens (tertiary/aromatic N) is 1. The third-order valence-corrected chi connectivity index (χ3v) is 4.89. The highest BCUT2D eigenvalue weighted by Gasteiger charge is 2.27. The van der Waals surface area contributed by atoms with E-state index in [1.54, 1.807) is 11.8 Å². The highest BCUT2D eigenvalue weighted by Crippen LogP contribution is 2.26. The van der Waals surface area contributed by atoms with Crippen LogP contribution in [0.2, 0.25) is 0 Å². The standard InChI is InChI=1S/C14H19BrN2OS/c1-10-9-16-7-8-17(10)14(18)11(2)19-13-5-3-12(15)4-6-13/h3-6,10-11,16H,7-9H2,1-2H3/t10-,11?/m1/s1. The molecule has 1 heterocycles. The number of piperazine rings is 1. The zero-order chi connectivity index (χ0) is 13.8. The molecule has 1 N–H and O–H groups in total. The fraction of sp³-hybridized carbons (Fsp3) is 0.500. The summed E-state index contributed by atoms with van der Waals surface area (Å²) in [6.07, 6.45) is 0. The first kappa shape index (κ1) is 14.9. The van der Waals surface area contributed by atoms with Gasteiger partial charge in [0.1, 0.15) is 0 Å². The summed E-state index contributed by atoms with van der Waals surface area (Å²) in [5.74, 6) is 0.238. The highest BCUT2D eigenvalue weighted by molar-refractivity contribution is 9.10. The van der Waals surface area contributed by atoms with Crippen molar-refractivity contribution in [2.24, 2.45) is 0 Å². The molecular formula is C14H19BrN2OS. The first-order valence-corrected chi connectivity index (χ1v) is 8.18. The van der Waals surface area contributed by atoms with Gasteiger partial charge in [-0.05, 0) is 38.1 Å². The molecule has 2 rings (SSSR count). The van der Waals surface area contributed by atoms with E-state index < -0.39 is 0 Å². The Morgan fingerprint density at radius 3 is 2.79 bits per heavy atom. The molecule has 3 nitrogen and oxygen atoms in total. The van der Waals surface area contributed by atoms with Crippen molar-refractivity contribution in [2.45, 2.75) is 30.0 Å². The molecule has 2 atom stereocenters. The molecule has 1 aromatic rings. The predicted molar refractivity (Wildman–Crippen MR) is 83.5 cm³/mol. The summed E-state index contributed by atoms with van der Waals surface area (Å²) in [5, 5.41) is 3.27. The van der Waals surface area contributed by atoms with Crippen LogP contribution in [0.3, 0.4) is 0 Å². The molecule has 0 aromatic heterocycles. The molecule has 1 aliphatic heterocycles. The quantitative estimate of drug-likeness (QED) is 0.857. The first-order chi connectivity index (χ1) is 9.08. The predicted octanol–water partition coefficient (Wildman–Crippen LogP) is 2.75. The molecule has 19 heavy (non-hydrogen) atoms. The van der Waals surface area contributed by atoms with E-state index in [0.717, 1.165) is 29.0 Å². The van der Waals surface area contributed by atoms with Crippen LogP contribution in [0.15, 0.2) is 33.6 Å². The van der Waals surface area contributed by atoms with Crippen LogP contribution in [0.4, 0.5) is 0 Å². The van der Waals surface area contributed by atoms with E-state index in [1.807, 2.05) is 36.1 Å². The SMILES string of the molecule is CC(Sc1ccc(Br)cc1)C(=O)N1CCNC[C@H]1C. The number of nitrogens with one attached hydrogen (secondary N) is 1. The van der Waals surface area contributed by atoms with E-state index in [4.69, 9.17) is 0 Å². The zero-order valence-electron chi connectivity index (χ0n) is 11.2. The summed E-state index contributed by atoms with van der Waals surface area (Å²) in [6.45, 7) is 6.68. The van der Waals surface area contributed by atoms with Crippen molar-refractivity contribution in [1.82, 2.24) is 10.2 Å². The van der Waals surface area contributed by atoms with Gasteiger partial charge in [0, 0.05) is 35.0 Å². The monoisotopic (exact) mass is 342 g/mol. The van der Waals surface area contributed by atoms with Crippen LogP contribution >= 0.6 is 27.7 Å². The van der Waals surface area contributed by atoms with Crippen molar-refractivity contribution in [3.05, 3.63) is 28.7 Å². The molecule has 0 bridgehead atoms. The molecular weight excluding hydrogens is 324 g/mol. The molecule has 1 aromatic carbocycles. The highest BCUT2D eigenvalue weighted by atomic mass is 79.9. The number of carbonyl (C=O) groups is 1. The Bertz CT molecular complexity index is 438. The number of hydrogen-bond acceptors (Lipinski definition) is 3. The molecule has 104 valence electrons. The molecule has 1 aliphatic rings. The zero-order valence-corrected chi connectivity index (χ0v) is 13.6. The fourth-order valence-corrected chi connectivity index (χ4v) is 3.37. The molecule has 1 saturated heterocycles. The Morgan fingerprint density at radius 1 is 1.47 bits per heavy atom. The van der Waals surface area contributed by atoms with Gasteiger partial charge in [-0.1, -0.05) is 15.9 Å². The van der Waals surface area contributed by atoms with Gasteiger partial charge >= 0.3 is 0 Å². The summed E-state index contributed by atoms with van der Waals surface area (Å²) in [6, 6.07) is 8.38. The van der Waals surface area contributed by atoms with Crippen molar-refractivity contribution in [3.8, 4) is 0 Å². The Morgan fingerprint density at radius 2 is 2.16 bits per heavy atom. The number of benzene rings is 1. The van der Waals surface area contributed by atoms with Crippen LogP contribution in [-0.2, 0) is 4.79 Å². The number of carbonyl (C=O) groups excluding carboxylic acids is 1. The molecule has 1 fully saturated rings. The van der Waals surface area contributed by atoms with Crippen LogP contribution in [0.25, 0.3) is 0 Å². The Balaban J connectivity index is 1.96. The summed E-state index contributed by atoms with van der Waals surface area (Å²) >= 11 is 5.04. The van der Waals surface area contributed by atoms with Gasteiger partial charge in [0.05, 0.1) is 5.25 Å². The molecule has 0 saturated carbocycles. The fourth-order valence-electron chi connectivity index (χ4n) is 2.17. The average Bonchev–Trinajstić information content (AvgIpc) is 2.41. The Kier molecular flexibility index (Phi) is 5.30. The Labute approximate surface area is 127 Å². The van der Waals surface area contributed by atoms with E-state index in [-0.39, 0.29) is 17.2 Å². The average molecular weight is 343 g/mol. The van der Waals surface area contributed by atoms with E-state index in [2.05, 4.69) is 28.2 Å². The Hall–Kier alpha value is -0.520. The van der Waals surface area contributed by atoms with Gasteiger partial charge in [0.15, 0.2) is 0 Å². The van der Waals surface area contributed by atoms with E-state index in [1.165, 1.54) is 0 Å². The lowest BCUT2D eigenvalue weighted by molar-refractivity contribution is -0.133. The molecule has 0 spiro atoms. The van der Waals surface area contributed by atoms with Crippen molar-refractivity contribution in [2.75, 3.05) is 19.6 Å². The smallest absolute Gasteiger partial charge is 0.236 e. The van der Waals surface area contributed by atoms with Crippen molar-refractivity contribution in [1.29, 1.82) is 0 Å². The maximum absolute atomic E-state index is 12.4. The number of hydrogen-bond donors (Lipinski definition) is 1. The maximum Gasteiger partial charge on any atom is 0.236 e. The number of amides is 1. The van der Waals surface area contributed by atoms with E-state index >= 15 is 0 Å². The van der Waals surface area contributed by atoms with E-state index in [9.17, 15) is 4.79 Å². The van der Waals surface area contributed by atoms with Crippen LogP contribution in [-0.4, -0.2) is 41.7 Å². The van der Waals surface area contributed by atoms with Crippen molar-refractivity contribution >= 4 is 33.6 Å². The van der Waals surface area contributed by atoms with Crippen LogP contribution in [0.5, 0.6) is 0 Å². The third kappa shape index (κ3) is 3.97. The van der Waals surface area contributed by atoms with Gasteiger partial charge in [0.2, 0.25) is 5.91 Å². The number of rotatable bonds is 3. The largest absolute Gasteiger partial charge is 0.336 e. The van der Waals surface area contributed by atoms with Gasteiger partial charge in [-0.3, -0.25) is 4.79 Å². The van der Waals surface area contributed by atoms with Crippen LogP contribution < -0.4 is 5.32 Å². The molecule has 0 radical (unpaired) electrons. The van der Waals surface area contributed by atoms with Crippen molar-refractivity contribution < 1.29 is 4.79 Å². The van der Waals surface area contributed by atoms with Crippen molar-refractivity contribution in [3.63, 3.8) is 0 Å². The van der Waals surface area contributed by atoms with Crippen LogP contribution in [0.1, 0.15) is 13.8 Å². The summed E-state index contributed by atoms with van der Waals surface area (Å²) in [5.41, 5.74) is 0. The normalized spacial score (nSPS) is 21.2.